The van der Waals surface area contributed by atoms with E-state index >= 15 is 0 Å². The minimum Gasteiger partial charge on any atom is -0.328 e. The Morgan fingerprint density at radius 3 is 2.33 bits per heavy atom. The second-order valence-corrected chi connectivity index (χ2v) is 4.36. The van der Waals surface area contributed by atoms with Crippen molar-refractivity contribution in [3.63, 3.8) is 0 Å². The maximum absolute atomic E-state index is 5.88. The zero-order valence-corrected chi connectivity index (χ0v) is 8.55. The smallest absolute Gasteiger partial charge is 0.00415 e. The average molecular weight is 169 g/mol. The van der Waals surface area contributed by atoms with E-state index in [0.29, 0.717) is 6.04 Å². The molecule has 0 aromatic rings. The molecule has 0 heterocycles. The fourth-order valence-corrected chi connectivity index (χ4v) is 2.42. The van der Waals surface area contributed by atoms with Gasteiger partial charge in [0.05, 0.1) is 0 Å². The molecule has 1 fully saturated rings. The van der Waals surface area contributed by atoms with Crippen LogP contribution < -0.4 is 5.73 Å². The quantitative estimate of drug-likeness (QED) is 0.688. The maximum Gasteiger partial charge on any atom is 0.00415 e. The molecule has 1 saturated carbocycles. The van der Waals surface area contributed by atoms with Crippen LogP contribution in [0.1, 0.15) is 52.4 Å². The van der Waals surface area contributed by atoms with Gasteiger partial charge in [-0.3, -0.25) is 0 Å². The minimum atomic E-state index is 0.518. The molecule has 1 rings (SSSR count). The van der Waals surface area contributed by atoms with E-state index in [2.05, 4.69) is 13.8 Å². The van der Waals surface area contributed by atoms with Crippen LogP contribution in [0.5, 0.6) is 0 Å². The molecule has 0 aromatic heterocycles. The van der Waals surface area contributed by atoms with Crippen LogP contribution in [0.4, 0.5) is 0 Å². The van der Waals surface area contributed by atoms with Gasteiger partial charge in [-0.05, 0) is 37.5 Å². The molecular weight excluding hydrogens is 146 g/mol. The summed E-state index contributed by atoms with van der Waals surface area (Å²) in [6.07, 6.45) is 8.07. The van der Waals surface area contributed by atoms with E-state index in [1.807, 2.05) is 0 Å². The fourth-order valence-electron chi connectivity index (χ4n) is 2.42. The van der Waals surface area contributed by atoms with Crippen LogP contribution in [0.25, 0.3) is 0 Å². The summed E-state index contributed by atoms with van der Waals surface area (Å²) in [5, 5.41) is 0. The lowest BCUT2D eigenvalue weighted by Crippen LogP contribution is -2.15. The summed E-state index contributed by atoms with van der Waals surface area (Å²) in [6, 6.07) is 0.518. The van der Waals surface area contributed by atoms with Crippen molar-refractivity contribution in [2.45, 2.75) is 58.4 Å². The summed E-state index contributed by atoms with van der Waals surface area (Å²) in [5.74, 6) is 1.91. The van der Waals surface area contributed by atoms with E-state index in [-0.39, 0.29) is 0 Å². The third-order valence-electron chi connectivity index (χ3n) is 3.40. The lowest BCUT2D eigenvalue weighted by Gasteiger charge is -2.17. The van der Waals surface area contributed by atoms with E-state index < -0.39 is 0 Å². The molecule has 0 aromatic carbocycles. The molecule has 2 atom stereocenters. The van der Waals surface area contributed by atoms with Gasteiger partial charge in [0.2, 0.25) is 0 Å². The van der Waals surface area contributed by atoms with Gasteiger partial charge in [-0.2, -0.15) is 0 Å². The summed E-state index contributed by atoms with van der Waals surface area (Å²) in [4.78, 5) is 0. The molecule has 0 radical (unpaired) electrons. The van der Waals surface area contributed by atoms with Crippen molar-refractivity contribution >= 4 is 0 Å². The van der Waals surface area contributed by atoms with Gasteiger partial charge in [-0.1, -0.05) is 26.7 Å². The normalized spacial score (nSPS) is 30.0. The summed E-state index contributed by atoms with van der Waals surface area (Å²) in [5.41, 5.74) is 5.88. The third kappa shape index (κ3) is 2.78. The van der Waals surface area contributed by atoms with Crippen LogP contribution >= 0.6 is 0 Å². The van der Waals surface area contributed by atoms with Gasteiger partial charge in [0.25, 0.3) is 0 Å². The minimum absolute atomic E-state index is 0.518. The summed E-state index contributed by atoms with van der Waals surface area (Å²) in [7, 11) is 0. The SMILES string of the molecule is CCC(CC)CC1CCC(N)C1. The summed E-state index contributed by atoms with van der Waals surface area (Å²) < 4.78 is 0. The van der Waals surface area contributed by atoms with Crippen molar-refractivity contribution in [2.24, 2.45) is 17.6 Å². The van der Waals surface area contributed by atoms with Crippen molar-refractivity contribution in [3.05, 3.63) is 0 Å². The second-order valence-electron chi connectivity index (χ2n) is 4.36. The van der Waals surface area contributed by atoms with E-state index in [0.717, 1.165) is 11.8 Å². The molecule has 2 unspecified atom stereocenters. The van der Waals surface area contributed by atoms with E-state index in [1.165, 1.54) is 38.5 Å². The first-order valence-electron chi connectivity index (χ1n) is 5.51. The first kappa shape index (κ1) is 10.0. The van der Waals surface area contributed by atoms with Gasteiger partial charge < -0.3 is 5.73 Å². The van der Waals surface area contributed by atoms with Crippen LogP contribution in [-0.2, 0) is 0 Å². The zero-order valence-electron chi connectivity index (χ0n) is 8.55. The first-order chi connectivity index (χ1) is 5.76. The standard InChI is InChI=1S/C11H23N/c1-3-9(4-2)7-10-5-6-11(12)8-10/h9-11H,3-8,12H2,1-2H3. The Morgan fingerprint density at radius 1 is 1.25 bits per heavy atom. The van der Waals surface area contributed by atoms with Gasteiger partial charge in [-0.25, -0.2) is 0 Å². The van der Waals surface area contributed by atoms with E-state index in [4.69, 9.17) is 5.73 Å². The molecular formula is C11H23N. The average Bonchev–Trinajstić information content (AvgIpc) is 2.47. The summed E-state index contributed by atoms with van der Waals surface area (Å²) >= 11 is 0. The molecule has 12 heavy (non-hydrogen) atoms. The van der Waals surface area contributed by atoms with Crippen molar-refractivity contribution in [1.82, 2.24) is 0 Å². The van der Waals surface area contributed by atoms with Crippen LogP contribution in [0.3, 0.4) is 0 Å². The highest BCUT2D eigenvalue weighted by atomic mass is 14.6. The Kier molecular flexibility index (Phi) is 4.07. The molecule has 0 bridgehead atoms. The number of nitrogens with two attached hydrogens (primary N) is 1. The molecule has 0 saturated heterocycles. The van der Waals surface area contributed by atoms with Gasteiger partial charge in [0.15, 0.2) is 0 Å². The maximum atomic E-state index is 5.88. The summed E-state index contributed by atoms with van der Waals surface area (Å²) in [6.45, 7) is 4.62. The predicted octanol–water partition coefficient (Wildman–Crippen LogP) is 2.94. The van der Waals surface area contributed by atoms with E-state index in [9.17, 15) is 0 Å². The van der Waals surface area contributed by atoms with Gasteiger partial charge in [0, 0.05) is 6.04 Å². The number of rotatable bonds is 4. The Balaban J connectivity index is 2.21. The molecule has 0 aliphatic heterocycles. The van der Waals surface area contributed by atoms with Gasteiger partial charge in [-0.15, -0.1) is 0 Å². The molecule has 1 heteroatoms. The van der Waals surface area contributed by atoms with Crippen LogP contribution in [-0.4, -0.2) is 6.04 Å². The molecule has 1 aliphatic rings. The third-order valence-corrected chi connectivity index (χ3v) is 3.40. The van der Waals surface area contributed by atoms with E-state index in [1.54, 1.807) is 0 Å². The van der Waals surface area contributed by atoms with Crippen LogP contribution in [0, 0.1) is 11.8 Å². The Hall–Kier alpha value is -0.0400. The Morgan fingerprint density at radius 2 is 1.92 bits per heavy atom. The van der Waals surface area contributed by atoms with Crippen LogP contribution in [0.15, 0.2) is 0 Å². The molecule has 0 spiro atoms. The van der Waals surface area contributed by atoms with Crippen molar-refractivity contribution < 1.29 is 0 Å². The lowest BCUT2D eigenvalue weighted by molar-refractivity contribution is 0.355. The Bertz CT molecular complexity index is 118. The van der Waals surface area contributed by atoms with Gasteiger partial charge >= 0.3 is 0 Å². The van der Waals surface area contributed by atoms with Crippen molar-refractivity contribution in [1.29, 1.82) is 0 Å². The first-order valence-corrected chi connectivity index (χ1v) is 5.51. The highest BCUT2D eigenvalue weighted by molar-refractivity contribution is 4.79. The molecule has 1 aliphatic carbocycles. The van der Waals surface area contributed by atoms with Gasteiger partial charge in [0.1, 0.15) is 0 Å². The number of hydrogen-bond donors (Lipinski definition) is 1. The van der Waals surface area contributed by atoms with Crippen molar-refractivity contribution in [3.8, 4) is 0 Å². The molecule has 72 valence electrons. The highest BCUT2D eigenvalue weighted by Gasteiger charge is 2.23. The molecule has 2 N–H and O–H groups in total. The number of hydrogen-bond acceptors (Lipinski definition) is 1. The predicted molar refractivity (Wildman–Crippen MR) is 54.0 cm³/mol. The Labute approximate surface area is 76.7 Å². The zero-order chi connectivity index (χ0) is 8.97. The molecule has 0 amide bonds. The fraction of sp³-hybridized carbons (Fsp3) is 1.00. The topological polar surface area (TPSA) is 26.0 Å². The lowest BCUT2D eigenvalue weighted by atomic mass is 9.90. The van der Waals surface area contributed by atoms with Crippen molar-refractivity contribution in [2.75, 3.05) is 0 Å². The second kappa shape index (κ2) is 4.86. The highest BCUT2D eigenvalue weighted by Crippen LogP contribution is 2.31. The largest absolute Gasteiger partial charge is 0.328 e. The monoisotopic (exact) mass is 169 g/mol. The molecule has 1 nitrogen and oxygen atoms in total. The van der Waals surface area contributed by atoms with Crippen LogP contribution in [0.2, 0.25) is 0 Å².